The molecule has 0 fully saturated rings. The second-order valence-electron chi connectivity index (χ2n) is 32.0. The second kappa shape index (κ2) is 26.2. The summed E-state index contributed by atoms with van der Waals surface area (Å²) in [5.74, 6) is 4.51. The van der Waals surface area contributed by atoms with E-state index in [0.717, 1.165) is 187 Å². The van der Waals surface area contributed by atoms with Crippen LogP contribution in [0.1, 0.15) is 0 Å². The maximum Gasteiger partial charge on any atom is 0.221 e. The first-order chi connectivity index (χ1) is 60.5. The SMILES string of the molecule is c1ccc([Si](c2ccccc2)(c2cc(-n3c4ccccc4c4ccccc43)nc(-n3c4ccccc4c4cc(-c5ccc6c(c5)nc5n(-c7cc([Si](c8ccccc8)(c8ccccc8)c8cccc9c8oc8ccccc89)cc(-n8c9ccccc9n9c%10ccccc%10nc89)n7)c7ccccc7n65)ccc43)c2)c2cccc3c2oc2ccccc23)cc1. The van der Waals surface area contributed by atoms with Crippen molar-refractivity contribution in [3.63, 3.8) is 0 Å². The summed E-state index contributed by atoms with van der Waals surface area (Å²) >= 11 is 0. The lowest BCUT2D eigenvalue weighted by atomic mass is 10.0. The highest BCUT2D eigenvalue weighted by Crippen LogP contribution is 2.41. The molecule has 0 aliphatic heterocycles. The Balaban J connectivity index is 0.698. The van der Waals surface area contributed by atoms with Crippen molar-refractivity contribution < 1.29 is 8.83 Å². The van der Waals surface area contributed by atoms with E-state index in [0.29, 0.717) is 11.6 Å². The van der Waals surface area contributed by atoms with Crippen molar-refractivity contribution in [1.29, 1.82) is 0 Å². The van der Waals surface area contributed by atoms with Gasteiger partial charge in [-0.15, -0.1) is 0 Å². The zero-order valence-corrected chi connectivity index (χ0v) is 67.5. The molecule has 0 atom stereocenters. The van der Waals surface area contributed by atoms with Crippen molar-refractivity contribution in [3.8, 4) is 34.4 Å². The highest BCUT2D eigenvalue weighted by Gasteiger charge is 2.47. The summed E-state index contributed by atoms with van der Waals surface area (Å²) in [6.07, 6.45) is 0. The molecule has 0 saturated carbocycles. The third-order valence-electron chi connectivity index (χ3n) is 25.7. The van der Waals surface area contributed by atoms with Gasteiger partial charge in [0.2, 0.25) is 11.6 Å². The Kier molecular flexibility index (Phi) is 14.6. The number of imidazole rings is 4. The van der Waals surface area contributed by atoms with E-state index in [1.54, 1.807) is 0 Å². The van der Waals surface area contributed by atoms with Crippen LogP contribution in [0.5, 0.6) is 0 Å². The summed E-state index contributed by atoms with van der Waals surface area (Å²) in [4.78, 5) is 23.4. The summed E-state index contributed by atoms with van der Waals surface area (Å²) in [7, 11) is -7.05. The van der Waals surface area contributed by atoms with Gasteiger partial charge >= 0.3 is 0 Å². The quantitative estimate of drug-likeness (QED) is 0.0841. The van der Waals surface area contributed by atoms with Crippen molar-refractivity contribution in [3.05, 3.63) is 413 Å². The fourth-order valence-electron chi connectivity index (χ4n) is 20.6. The predicted molar refractivity (Wildman–Crippen MR) is 504 cm³/mol. The van der Waals surface area contributed by atoms with E-state index < -0.39 is 16.1 Å². The van der Waals surface area contributed by atoms with E-state index in [2.05, 4.69) is 440 Å². The number of hydrogen-bond donors (Lipinski definition) is 0. The molecule has 0 N–H and O–H groups in total. The van der Waals surface area contributed by atoms with Gasteiger partial charge in [0.25, 0.3) is 0 Å². The Bertz CT molecular complexity index is 8680. The number of furan rings is 2. The minimum atomic E-state index is -3.57. The first-order valence-corrected chi connectivity index (χ1v) is 45.4. The molecule has 122 heavy (non-hydrogen) atoms. The first-order valence-electron chi connectivity index (χ1n) is 41.4. The molecule has 10 heterocycles. The Morgan fingerprint density at radius 3 is 0.967 bits per heavy atom. The second-order valence-corrected chi connectivity index (χ2v) is 39.5. The Labute approximate surface area is 698 Å². The van der Waals surface area contributed by atoms with E-state index in [-0.39, 0.29) is 0 Å². The van der Waals surface area contributed by atoms with Crippen molar-refractivity contribution in [1.82, 2.24) is 47.0 Å². The molecule has 0 aliphatic carbocycles. The summed E-state index contributed by atoms with van der Waals surface area (Å²) in [5.41, 5.74) is 17.4. The number of pyridine rings is 2. The summed E-state index contributed by atoms with van der Waals surface area (Å²) in [5, 5.41) is 18.2. The summed E-state index contributed by atoms with van der Waals surface area (Å²) < 4.78 is 28.4. The topological polar surface area (TPSA) is 106 Å². The van der Waals surface area contributed by atoms with E-state index in [4.69, 9.17) is 28.8 Å². The van der Waals surface area contributed by atoms with E-state index in [1.807, 2.05) is 0 Å². The highest BCUT2D eigenvalue weighted by molar-refractivity contribution is 7.21. The first kappa shape index (κ1) is 68.1. The number of para-hydroxylation sites is 13. The average Bonchev–Trinajstić information content (AvgIpc) is 1.36. The van der Waals surface area contributed by atoms with Crippen LogP contribution in [0.25, 0.3) is 178 Å². The molecule has 570 valence electrons. The van der Waals surface area contributed by atoms with Gasteiger partial charge in [0.05, 0.1) is 66.2 Å². The van der Waals surface area contributed by atoms with Gasteiger partial charge in [-0.05, 0) is 168 Å². The van der Waals surface area contributed by atoms with Gasteiger partial charge < -0.3 is 8.83 Å². The van der Waals surface area contributed by atoms with Crippen LogP contribution < -0.4 is 41.5 Å². The number of nitrogens with zero attached hydrogens (tertiary/aromatic N) is 10. The van der Waals surface area contributed by atoms with Crippen LogP contribution in [0.2, 0.25) is 0 Å². The molecule has 26 rings (SSSR count). The predicted octanol–water partition coefficient (Wildman–Crippen LogP) is 20.4. The number of aromatic nitrogens is 10. The third kappa shape index (κ3) is 9.66. The largest absolute Gasteiger partial charge is 0.456 e. The van der Waals surface area contributed by atoms with Crippen molar-refractivity contribution in [2.45, 2.75) is 0 Å². The van der Waals surface area contributed by atoms with Gasteiger partial charge in [-0.2, -0.15) is 0 Å². The highest BCUT2D eigenvalue weighted by atomic mass is 28.3. The lowest BCUT2D eigenvalue weighted by Crippen LogP contribution is -2.75. The normalized spacial score (nSPS) is 12.4. The van der Waals surface area contributed by atoms with Crippen molar-refractivity contribution in [2.24, 2.45) is 0 Å². The van der Waals surface area contributed by atoms with Crippen LogP contribution in [0.4, 0.5) is 0 Å². The van der Waals surface area contributed by atoms with Crippen molar-refractivity contribution in [2.75, 3.05) is 0 Å². The van der Waals surface area contributed by atoms with Crippen LogP contribution in [0.15, 0.2) is 421 Å². The zero-order chi connectivity index (χ0) is 79.9. The smallest absolute Gasteiger partial charge is 0.221 e. The summed E-state index contributed by atoms with van der Waals surface area (Å²) in [6, 6.07) is 150. The molecule has 0 spiro atoms. The molecule has 10 aromatic heterocycles. The maximum atomic E-state index is 7.24. The minimum Gasteiger partial charge on any atom is -0.456 e. The van der Waals surface area contributed by atoms with Crippen LogP contribution >= 0.6 is 0 Å². The maximum absolute atomic E-state index is 7.24. The van der Waals surface area contributed by atoms with Crippen LogP contribution in [0, 0.1) is 0 Å². The average molecular weight is 1590 g/mol. The Morgan fingerprint density at radius 2 is 0.516 bits per heavy atom. The Hall–Kier alpha value is -16.0. The number of fused-ring (bicyclic) bond motifs is 22. The van der Waals surface area contributed by atoms with Crippen molar-refractivity contribution >= 4 is 201 Å². The molecule has 0 amide bonds. The molecule has 26 aromatic rings. The van der Waals surface area contributed by atoms with Crippen LogP contribution in [0.3, 0.4) is 0 Å². The van der Waals surface area contributed by atoms with Gasteiger partial charge in [-0.3, -0.25) is 27.1 Å². The lowest BCUT2D eigenvalue weighted by molar-refractivity contribution is 0.671. The fraction of sp³-hybridized carbons (Fsp3) is 0. The number of hydrogen-bond acceptors (Lipinski definition) is 6. The molecular weight excluding hydrogens is 1530 g/mol. The molecule has 0 aliphatic rings. The van der Waals surface area contributed by atoms with Gasteiger partial charge in [0, 0.05) is 43.1 Å². The molecule has 0 bridgehead atoms. The molecule has 12 nitrogen and oxygen atoms in total. The van der Waals surface area contributed by atoms with E-state index in [1.165, 1.54) is 20.7 Å². The van der Waals surface area contributed by atoms with Gasteiger partial charge in [-0.25, -0.2) is 19.9 Å². The van der Waals surface area contributed by atoms with Crippen LogP contribution in [-0.2, 0) is 0 Å². The van der Waals surface area contributed by atoms with E-state index >= 15 is 0 Å². The minimum absolute atomic E-state index is 0.701. The van der Waals surface area contributed by atoms with Gasteiger partial charge in [0.15, 0.2) is 16.1 Å². The Morgan fingerprint density at radius 1 is 0.197 bits per heavy atom. The molecule has 0 radical (unpaired) electrons. The molecule has 16 aromatic carbocycles. The number of benzene rings is 16. The number of rotatable bonds is 13. The van der Waals surface area contributed by atoms with Gasteiger partial charge in [0.1, 0.15) is 45.6 Å². The monoisotopic (exact) mass is 1590 g/mol. The molecule has 0 unspecified atom stereocenters. The fourth-order valence-corrected chi connectivity index (χ4v) is 30.4. The van der Waals surface area contributed by atoms with Gasteiger partial charge in [-0.1, -0.05) is 297 Å². The summed E-state index contributed by atoms with van der Waals surface area (Å²) in [6.45, 7) is 0. The van der Waals surface area contributed by atoms with Crippen LogP contribution in [-0.4, -0.2) is 63.2 Å². The molecular formula is C108H68N10O2Si2. The zero-order valence-electron chi connectivity index (χ0n) is 65.5. The molecule has 0 saturated heterocycles. The lowest BCUT2D eigenvalue weighted by Gasteiger charge is -2.35. The van der Waals surface area contributed by atoms with E-state index in [9.17, 15) is 0 Å². The molecule has 14 heteroatoms. The third-order valence-corrected chi connectivity index (χ3v) is 35.2. The standard InChI is InChI=1S/C108H68N10O2Si2/c1-5-31-71(32-6-1)121(72-33-7-2-8-34-72,99-57-29-44-82-80-42-16-27-55-97(80)119-105(82)99)75-65-101(113-87-47-19-13-39-77(87)78-40-14-20-48-88(78)113)111-102(66-75)114-89-49-21-15-41-79(89)84-63-69(59-61-90(84)114)70-60-62-92-86(64-70)110-108-116(92)94-52-24-26-54-96(94)118(108)104-68-76(67-103(112-104)117-95-53-25-23-51-93(95)115-91-50-22-18-46-85(91)109-107(115)117)122(73-35-9-3-10-36-73,74-37-11-4-12-38-74)100-58-30-45-83-81-43-17-28-56-98(81)120-106(83)100/h1-68H.